The Balaban J connectivity index is 1.39. The van der Waals surface area contributed by atoms with Crippen LogP contribution >= 0.6 is 0 Å². The maximum atomic E-state index is 12.8. The number of rotatable bonds is 10. The van der Waals surface area contributed by atoms with Crippen LogP contribution in [0.25, 0.3) is 0 Å². The van der Waals surface area contributed by atoms with Crippen molar-refractivity contribution >= 4 is 15.9 Å². The summed E-state index contributed by atoms with van der Waals surface area (Å²) in [6.45, 7) is 1.75. The van der Waals surface area contributed by atoms with E-state index >= 15 is 0 Å². The number of aryl methyl sites for hydroxylation is 1. The predicted molar refractivity (Wildman–Crippen MR) is 140 cm³/mol. The van der Waals surface area contributed by atoms with Crippen LogP contribution in [0, 0.1) is 6.92 Å². The van der Waals surface area contributed by atoms with Crippen molar-refractivity contribution in [2.45, 2.75) is 24.4 Å². The zero-order valence-corrected chi connectivity index (χ0v) is 20.7. The van der Waals surface area contributed by atoms with Crippen molar-refractivity contribution in [3.8, 4) is 5.75 Å². The van der Waals surface area contributed by atoms with Crippen molar-refractivity contribution in [3.05, 3.63) is 131 Å². The van der Waals surface area contributed by atoms with Gasteiger partial charge in [-0.15, -0.1) is 0 Å². The summed E-state index contributed by atoms with van der Waals surface area (Å²) >= 11 is 0. The van der Waals surface area contributed by atoms with Gasteiger partial charge in [0.05, 0.1) is 10.9 Å². The van der Waals surface area contributed by atoms with Crippen molar-refractivity contribution in [1.29, 1.82) is 0 Å². The first-order valence-corrected chi connectivity index (χ1v) is 13.1. The molecule has 0 aliphatic heterocycles. The molecule has 0 spiro atoms. The van der Waals surface area contributed by atoms with Gasteiger partial charge in [0, 0.05) is 6.54 Å². The first-order valence-electron chi connectivity index (χ1n) is 11.6. The lowest BCUT2D eigenvalue weighted by Gasteiger charge is -2.20. The second-order valence-electron chi connectivity index (χ2n) is 8.35. The van der Waals surface area contributed by atoms with Gasteiger partial charge in [-0.25, -0.2) is 13.1 Å². The zero-order valence-electron chi connectivity index (χ0n) is 19.9. The molecular weight excluding hydrogens is 472 g/mol. The van der Waals surface area contributed by atoms with Crippen LogP contribution in [-0.4, -0.2) is 20.9 Å². The van der Waals surface area contributed by atoms with Gasteiger partial charge in [-0.3, -0.25) is 4.79 Å². The number of hydrogen-bond acceptors (Lipinski definition) is 4. The number of benzene rings is 4. The highest BCUT2D eigenvalue weighted by Crippen LogP contribution is 2.23. The van der Waals surface area contributed by atoms with Crippen molar-refractivity contribution in [2.24, 2.45) is 0 Å². The molecule has 0 saturated carbocycles. The highest BCUT2D eigenvalue weighted by atomic mass is 32.2. The van der Waals surface area contributed by atoms with E-state index in [1.165, 1.54) is 12.1 Å². The molecule has 0 bridgehead atoms. The molecule has 0 radical (unpaired) electrons. The highest BCUT2D eigenvalue weighted by Gasteiger charge is 2.18. The summed E-state index contributed by atoms with van der Waals surface area (Å²) in [7, 11) is -3.69. The lowest BCUT2D eigenvalue weighted by atomic mass is 9.99. The van der Waals surface area contributed by atoms with Gasteiger partial charge in [-0.2, -0.15) is 0 Å². The predicted octanol–water partition coefficient (Wildman–Crippen LogP) is 4.76. The Morgan fingerprint density at radius 2 is 1.36 bits per heavy atom. The quantitative estimate of drug-likeness (QED) is 0.329. The summed E-state index contributed by atoms with van der Waals surface area (Å²) in [5.74, 6) is 0.163. The van der Waals surface area contributed by atoms with Crippen LogP contribution in [0.4, 0.5) is 0 Å². The zero-order chi connectivity index (χ0) is 25.4. The van der Waals surface area contributed by atoms with Gasteiger partial charge in [0.1, 0.15) is 5.75 Å². The molecule has 4 aromatic rings. The van der Waals surface area contributed by atoms with Gasteiger partial charge in [0.15, 0.2) is 6.61 Å². The minimum Gasteiger partial charge on any atom is -0.484 e. The summed E-state index contributed by atoms with van der Waals surface area (Å²) in [5, 5.41) is 3.04. The molecule has 0 fully saturated rings. The average molecular weight is 501 g/mol. The number of ether oxygens (including phenoxy) is 1. The van der Waals surface area contributed by atoms with E-state index in [4.69, 9.17) is 4.74 Å². The van der Waals surface area contributed by atoms with Crippen LogP contribution in [0.15, 0.2) is 114 Å². The van der Waals surface area contributed by atoms with E-state index in [-0.39, 0.29) is 30.0 Å². The Kier molecular flexibility index (Phi) is 8.15. The van der Waals surface area contributed by atoms with Gasteiger partial charge >= 0.3 is 0 Å². The van der Waals surface area contributed by atoms with Gasteiger partial charge in [-0.1, -0.05) is 91.0 Å². The van der Waals surface area contributed by atoms with E-state index in [1.54, 1.807) is 13.0 Å². The van der Waals surface area contributed by atoms with E-state index in [0.29, 0.717) is 11.3 Å². The Hall–Kier alpha value is -3.94. The molecule has 0 aliphatic rings. The van der Waals surface area contributed by atoms with E-state index in [1.807, 2.05) is 91.0 Å². The molecular formula is C29H28N2O4S. The summed E-state index contributed by atoms with van der Waals surface area (Å²) in [4.78, 5) is 12.9. The fourth-order valence-electron chi connectivity index (χ4n) is 3.80. The maximum absolute atomic E-state index is 12.8. The monoisotopic (exact) mass is 500 g/mol. The van der Waals surface area contributed by atoms with Gasteiger partial charge < -0.3 is 10.1 Å². The lowest BCUT2D eigenvalue weighted by molar-refractivity contribution is -0.123. The first-order chi connectivity index (χ1) is 17.4. The molecule has 4 rings (SSSR count). The van der Waals surface area contributed by atoms with E-state index < -0.39 is 10.0 Å². The molecule has 0 aliphatic carbocycles. The molecule has 0 unspecified atom stereocenters. The Bertz CT molecular complexity index is 1350. The van der Waals surface area contributed by atoms with E-state index in [2.05, 4.69) is 10.0 Å². The fourth-order valence-corrected chi connectivity index (χ4v) is 4.91. The number of carbonyl (C=O) groups is 1. The van der Waals surface area contributed by atoms with Crippen molar-refractivity contribution in [1.82, 2.24) is 10.0 Å². The fraction of sp³-hybridized carbons (Fsp3) is 0.138. The number of nitrogens with one attached hydrogen (secondary N) is 2. The van der Waals surface area contributed by atoms with Crippen LogP contribution in [0.3, 0.4) is 0 Å². The lowest BCUT2D eigenvalue weighted by Crippen LogP contribution is -2.33. The molecule has 4 aromatic carbocycles. The Morgan fingerprint density at radius 1 is 0.806 bits per heavy atom. The second-order valence-corrected chi connectivity index (χ2v) is 10.1. The van der Waals surface area contributed by atoms with E-state index in [9.17, 15) is 13.2 Å². The maximum Gasteiger partial charge on any atom is 0.258 e. The first kappa shape index (κ1) is 25.2. The number of amides is 1. The number of carbonyl (C=O) groups excluding carboxylic acids is 1. The van der Waals surface area contributed by atoms with Crippen LogP contribution in [0.5, 0.6) is 5.75 Å². The molecule has 7 heteroatoms. The van der Waals surface area contributed by atoms with Crippen molar-refractivity contribution < 1.29 is 17.9 Å². The highest BCUT2D eigenvalue weighted by molar-refractivity contribution is 7.89. The Morgan fingerprint density at radius 3 is 1.92 bits per heavy atom. The van der Waals surface area contributed by atoms with E-state index in [0.717, 1.165) is 16.7 Å². The average Bonchev–Trinajstić information content (AvgIpc) is 2.91. The summed E-state index contributed by atoms with van der Waals surface area (Å²) in [6, 6.07) is 33.0. The molecule has 1 amide bonds. The summed E-state index contributed by atoms with van der Waals surface area (Å²) < 4.78 is 33.8. The topological polar surface area (TPSA) is 84.5 Å². The van der Waals surface area contributed by atoms with Crippen LogP contribution in [0.2, 0.25) is 0 Å². The number of hydrogen-bond donors (Lipinski definition) is 2. The third-order valence-electron chi connectivity index (χ3n) is 5.70. The smallest absolute Gasteiger partial charge is 0.258 e. The van der Waals surface area contributed by atoms with Crippen molar-refractivity contribution in [3.63, 3.8) is 0 Å². The van der Waals surface area contributed by atoms with Crippen LogP contribution in [-0.2, 0) is 21.4 Å². The molecule has 0 saturated heterocycles. The summed E-state index contributed by atoms with van der Waals surface area (Å²) in [5.41, 5.74) is 3.41. The third-order valence-corrected chi connectivity index (χ3v) is 7.09. The van der Waals surface area contributed by atoms with Crippen LogP contribution < -0.4 is 14.8 Å². The molecule has 0 atom stereocenters. The molecule has 0 aromatic heterocycles. The molecule has 0 heterocycles. The molecule has 184 valence electrons. The standard InChI is InChI=1S/C29H28N2O4S/c1-22-19-26(36(33,34)30-20-23-11-5-2-6-12-23)17-18-27(22)35-21-28(32)31-29(24-13-7-3-8-14-24)25-15-9-4-10-16-25/h2-19,29-30H,20-21H2,1H3,(H,31,32). The van der Waals surface area contributed by atoms with Gasteiger partial charge in [0.25, 0.3) is 5.91 Å². The second kappa shape index (κ2) is 11.7. The molecule has 2 N–H and O–H groups in total. The third kappa shape index (κ3) is 6.59. The van der Waals surface area contributed by atoms with Gasteiger partial charge in [-0.05, 0) is 47.4 Å². The minimum atomic E-state index is -3.69. The minimum absolute atomic E-state index is 0.140. The number of sulfonamides is 1. The Labute approximate surface area is 212 Å². The molecule has 36 heavy (non-hydrogen) atoms. The normalized spacial score (nSPS) is 11.3. The van der Waals surface area contributed by atoms with Gasteiger partial charge in [0.2, 0.25) is 10.0 Å². The summed E-state index contributed by atoms with van der Waals surface area (Å²) in [6.07, 6.45) is 0. The molecule has 6 nitrogen and oxygen atoms in total. The van der Waals surface area contributed by atoms with Crippen LogP contribution in [0.1, 0.15) is 28.3 Å². The largest absolute Gasteiger partial charge is 0.484 e. The SMILES string of the molecule is Cc1cc(S(=O)(=O)NCc2ccccc2)ccc1OCC(=O)NC(c1ccccc1)c1ccccc1. The van der Waals surface area contributed by atoms with Crippen molar-refractivity contribution in [2.75, 3.05) is 6.61 Å².